The van der Waals surface area contributed by atoms with Gasteiger partial charge >= 0.3 is 5.97 Å². The molecule has 0 bridgehead atoms. The van der Waals surface area contributed by atoms with E-state index in [0.717, 1.165) is 37.8 Å². The van der Waals surface area contributed by atoms with Gasteiger partial charge in [0.25, 0.3) is 5.69 Å². The Hall–Kier alpha value is -2.64. The van der Waals surface area contributed by atoms with E-state index in [1.165, 1.54) is 6.07 Å². The van der Waals surface area contributed by atoms with E-state index >= 15 is 0 Å². The fourth-order valence-corrected chi connectivity index (χ4v) is 2.60. The van der Waals surface area contributed by atoms with E-state index in [1.807, 2.05) is 6.92 Å². The van der Waals surface area contributed by atoms with Crippen LogP contribution in [0.4, 0.5) is 5.69 Å². The highest BCUT2D eigenvalue weighted by Gasteiger charge is 2.32. The van der Waals surface area contributed by atoms with Gasteiger partial charge in [-0.3, -0.25) is 10.1 Å². The molecule has 1 fully saturated rings. The number of carboxylic acids is 1. The molecule has 0 aliphatic heterocycles. The summed E-state index contributed by atoms with van der Waals surface area (Å²) in [5, 5.41) is 21.7. The number of carboxylic acid groups (broad SMARTS) is 1. The average Bonchev–Trinajstić information content (AvgIpc) is 2.90. The van der Waals surface area contributed by atoms with E-state index in [-0.39, 0.29) is 5.75 Å². The molecule has 0 spiro atoms. The molecule has 0 saturated heterocycles. The number of hydrogen-bond donors (Lipinski definition) is 0. The molecule has 124 valence electrons. The summed E-state index contributed by atoms with van der Waals surface area (Å²) in [7, 11) is 0. The van der Waals surface area contributed by atoms with Gasteiger partial charge < -0.3 is 19.4 Å². The third-order valence-corrected chi connectivity index (χ3v) is 3.76. The van der Waals surface area contributed by atoms with E-state index in [2.05, 4.69) is 0 Å². The van der Waals surface area contributed by atoms with E-state index in [0.29, 0.717) is 0 Å². The number of carbonyl (C=O) groups excluding carboxylic acids is 2. The van der Waals surface area contributed by atoms with Gasteiger partial charge in [0.15, 0.2) is 6.61 Å². The minimum absolute atomic E-state index is 0.00947. The summed E-state index contributed by atoms with van der Waals surface area (Å²) < 4.78 is 10.5. The number of nitrogens with zero attached hydrogens (tertiary/aromatic N) is 1. The Bertz CT molecular complexity index is 635. The van der Waals surface area contributed by atoms with Gasteiger partial charge in [0, 0.05) is 0 Å². The van der Waals surface area contributed by atoms with Gasteiger partial charge in [-0.1, -0.05) is 0 Å². The summed E-state index contributed by atoms with van der Waals surface area (Å²) in [6, 6.07) is 3.17. The number of esters is 1. The standard InChI is InChI=1S/C15H17NO7/c1-15(6-2-3-7-15)23-13(17)9-22-10-4-5-11(14(18)19)12(8-10)16(20)21/h4-5,8H,2-3,6-7,9H2,1H3,(H,18,19)/p-1. The minimum atomic E-state index is -1.66. The van der Waals surface area contributed by atoms with Gasteiger partial charge in [-0.15, -0.1) is 0 Å². The third-order valence-electron chi connectivity index (χ3n) is 3.76. The van der Waals surface area contributed by atoms with Gasteiger partial charge in [-0.05, 0) is 44.7 Å². The Labute approximate surface area is 132 Å². The van der Waals surface area contributed by atoms with Crippen molar-refractivity contribution in [3.8, 4) is 5.75 Å². The summed E-state index contributed by atoms with van der Waals surface area (Å²) in [4.78, 5) is 32.6. The van der Waals surface area contributed by atoms with Crippen molar-refractivity contribution in [1.29, 1.82) is 0 Å². The van der Waals surface area contributed by atoms with Crippen molar-refractivity contribution in [2.75, 3.05) is 6.61 Å². The Morgan fingerprint density at radius 1 is 1.30 bits per heavy atom. The largest absolute Gasteiger partial charge is 0.545 e. The normalized spacial score (nSPS) is 15.9. The van der Waals surface area contributed by atoms with Crippen molar-refractivity contribution < 1.29 is 29.1 Å². The Balaban J connectivity index is 2.00. The van der Waals surface area contributed by atoms with Crippen LogP contribution in [0.25, 0.3) is 0 Å². The van der Waals surface area contributed by atoms with Crippen LogP contribution >= 0.6 is 0 Å². The predicted octanol–water partition coefficient (Wildman–Crippen LogP) is 1.21. The smallest absolute Gasteiger partial charge is 0.344 e. The highest BCUT2D eigenvalue weighted by molar-refractivity contribution is 5.91. The molecule has 1 aliphatic rings. The molecular weight excluding hydrogens is 306 g/mol. The molecule has 0 amide bonds. The number of nitro benzene ring substituents is 1. The Morgan fingerprint density at radius 2 is 1.96 bits per heavy atom. The Kier molecular flexibility index (Phi) is 4.83. The lowest BCUT2D eigenvalue weighted by molar-refractivity contribution is -0.385. The number of hydrogen-bond acceptors (Lipinski definition) is 7. The highest BCUT2D eigenvalue weighted by atomic mass is 16.6. The lowest BCUT2D eigenvalue weighted by Gasteiger charge is -2.23. The number of rotatable bonds is 6. The van der Waals surface area contributed by atoms with Crippen LogP contribution in [0.5, 0.6) is 5.75 Å². The van der Waals surface area contributed by atoms with Crippen LogP contribution in [0.15, 0.2) is 18.2 Å². The van der Waals surface area contributed by atoms with Crippen LogP contribution in [0.3, 0.4) is 0 Å². The van der Waals surface area contributed by atoms with E-state index in [9.17, 15) is 24.8 Å². The average molecular weight is 322 g/mol. The van der Waals surface area contributed by atoms with E-state index in [4.69, 9.17) is 9.47 Å². The molecule has 23 heavy (non-hydrogen) atoms. The maximum atomic E-state index is 11.8. The number of nitro groups is 1. The fourth-order valence-electron chi connectivity index (χ4n) is 2.60. The molecule has 0 aromatic heterocycles. The van der Waals surface area contributed by atoms with Crippen molar-refractivity contribution >= 4 is 17.6 Å². The van der Waals surface area contributed by atoms with Gasteiger partial charge in [-0.25, -0.2) is 4.79 Å². The monoisotopic (exact) mass is 322 g/mol. The quantitative estimate of drug-likeness (QED) is 0.438. The number of ether oxygens (including phenoxy) is 2. The predicted molar refractivity (Wildman–Crippen MR) is 75.9 cm³/mol. The first-order chi connectivity index (χ1) is 10.8. The third kappa shape index (κ3) is 4.18. The second-order valence-electron chi connectivity index (χ2n) is 5.64. The zero-order valence-electron chi connectivity index (χ0n) is 12.6. The SMILES string of the molecule is CC1(OC(=O)COc2ccc(C(=O)[O-])c([N+](=O)[O-])c2)CCCC1. The van der Waals surface area contributed by atoms with Gasteiger partial charge in [0.2, 0.25) is 0 Å². The molecule has 0 N–H and O–H groups in total. The number of aromatic carboxylic acids is 1. The van der Waals surface area contributed by atoms with Crippen LogP contribution < -0.4 is 9.84 Å². The van der Waals surface area contributed by atoms with Gasteiger partial charge in [0.1, 0.15) is 11.4 Å². The van der Waals surface area contributed by atoms with Crippen molar-refractivity contribution in [3.05, 3.63) is 33.9 Å². The maximum absolute atomic E-state index is 11.8. The summed E-state index contributed by atoms with van der Waals surface area (Å²) in [6.45, 7) is 1.45. The topological polar surface area (TPSA) is 119 Å². The lowest BCUT2D eigenvalue weighted by Crippen LogP contribution is -2.30. The first-order valence-electron chi connectivity index (χ1n) is 7.15. The van der Waals surface area contributed by atoms with Gasteiger partial charge in [-0.2, -0.15) is 0 Å². The van der Waals surface area contributed by atoms with Crippen molar-refractivity contribution in [2.45, 2.75) is 38.2 Å². The molecule has 1 aliphatic carbocycles. The molecule has 2 rings (SSSR count). The highest BCUT2D eigenvalue weighted by Crippen LogP contribution is 2.32. The molecule has 1 aromatic rings. The molecule has 0 atom stereocenters. The first-order valence-corrected chi connectivity index (χ1v) is 7.15. The zero-order valence-corrected chi connectivity index (χ0v) is 12.6. The molecule has 1 aromatic carbocycles. The van der Waals surface area contributed by atoms with Gasteiger partial charge in [0.05, 0.1) is 22.5 Å². The lowest BCUT2D eigenvalue weighted by atomic mass is 10.1. The van der Waals surface area contributed by atoms with Crippen molar-refractivity contribution in [1.82, 2.24) is 0 Å². The molecule has 0 unspecified atom stereocenters. The minimum Gasteiger partial charge on any atom is -0.545 e. The van der Waals surface area contributed by atoms with Crippen LogP contribution in [0, 0.1) is 10.1 Å². The number of carbonyl (C=O) groups is 2. The summed E-state index contributed by atoms with van der Waals surface area (Å²) >= 11 is 0. The summed E-state index contributed by atoms with van der Waals surface area (Å²) in [5.74, 6) is -2.21. The van der Waals surface area contributed by atoms with Crippen molar-refractivity contribution in [2.24, 2.45) is 0 Å². The molecule has 8 heteroatoms. The second kappa shape index (κ2) is 6.64. The van der Waals surface area contributed by atoms with Crippen LogP contribution in [0.1, 0.15) is 43.0 Å². The van der Waals surface area contributed by atoms with E-state index in [1.54, 1.807) is 0 Å². The molecule has 8 nitrogen and oxygen atoms in total. The van der Waals surface area contributed by atoms with Crippen molar-refractivity contribution in [3.63, 3.8) is 0 Å². The van der Waals surface area contributed by atoms with Crippen LogP contribution in [0.2, 0.25) is 0 Å². The van der Waals surface area contributed by atoms with E-state index < -0.39 is 40.3 Å². The van der Waals surface area contributed by atoms with Crippen LogP contribution in [-0.2, 0) is 9.53 Å². The molecule has 0 heterocycles. The molecule has 1 saturated carbocycles. The number of benzene rings is 1. The first kappa shape index (κ1) is 16.7. The van der Waals surface area contributed by atoms with Crippen LogP contribution in [-0.4, -0.2) is 29.1 Å². The Morgan fingerprint density at radius 3 is 2.52 bits per heavy atom. The molecule has 0 radical (unpaired) electrons. The second-order valence-corrected chi connectivity index (χ2v) is 5.64. The summed E-state index contributed by atoms with van der Waals surface area (Å²) in [6.07, 6.45) is 3.60. The maximum Gasteiger partial charge on any atom is 0.344 e. The zero-order chi connectivity index (χ0) is 17.0. The molecular formula is C15H16NO7-. The fraction of sp³-hybridized carbons (Fsp3) is 0.467. The summed E-state index contributed by atoms with van der Waals surface area (Å²) in [5.41, 5.74) is -1.69.